The van der Waals surface area contributed by atoms with Crippen LogP contribution in [-0.4, -0.2) is 17.9 Å². The van der Waals surface area contributed by atoms with Crippen molar-refractivity contribution in [3.05, 3.63) is 47.9 Å². The molecule has 0 fully saturated rings. The Hall–Kier alpha value is -2.34. The summed E-state index contributed by atoms with van der Waals surface area (Å²) in [5.41, 5.74) is 4.27. The highest BCUT2D eigenvalue weighted by molar-refractivity contribution is 7.80. The van der Waals surface area contributed by atoms with Crippen LogP contribution in [0.15, 0.2) is 45.9 Å². The van der Waals surface area contributed by atoms with Crippen LogP contribution in [0.5, 0.6) is 5.75 Å². The number of aryl methyl sites for hydroxylation is 1. The van der Waals surface area contributed by atoms with Crippen molar-refractivity contribution in [1.29, 1.82) is 0 Å². The molecule has 5 nitrogen and oxygen atoms in total. The smallest absolute Gasteiger partial charge is 0.191 e. The summed E-state index contributed by atoms with van der Waals surface area (Å²) >= 11 is 5.20. The summed E-state index contributed by atoms with van der Waals surface area (Å²) in [6, 6.07) is 11.3. The predicted molar refractivity (Wildman–Crippen MR) is 88.0 cm³/mol. The Balaban J connectivity index is 1.99. The summed E-state index contributed by atoms with van der Waals surface area (Å²) in [6.45, 7) is 3.73. The molecule has 0 saturated carbocycles. The highest BCUT2D eigenvalue weighted by Crippen LogP contribution is 2.22. The second-order valence-corrected chi connectivity index (χ2v) is 4.78. The molecular weight excluding hydrogens is 286 g/mol. The van der Waals surface area contributed by atoms with Crippen LogP contribution < -0.4 is 15.5 Å². The molecule has 0 aliphatic carbocycles. The maximum absolute atomic E-state index is 5.48. The lowest BCUT2D eigenvalue weighted by molar-refractivity contribution is 0.417. The van der Waals surface area contributed by atoms with E-state index in [9.17, 15) is 0 Å². The molecule has 1 heterocycles. The lowest BCUT2D eigenvalue weighted by atomic mass is 10.3. The van der Waals surface area contributed by atoms with Crippen molar-refractivity contribution >= 4 is 28.7 Å². The van der Waals surface area contributed by atoms with Gasteiger partial charge in [-0.3, -0.25) is 5.43 Å². The van der Waals surface area contributed by atoms with E-state index in [0.717, 1.165) is 11.4 Å². The van der Waals surface area contributed by atoms with E-state index >= 15 is 0 Å². The minimum Gasteiger partial charge on any atom is -0.495 e. The van der Waals surface area contributed by atoms with Gasteiger partial charge in [-0.05, 0) is 50.3 Å². The second kappa shape index (κ2) is 6.90. The van der Waals surface area contributed by atoms with E-state index in [-0.39, 0.29) is 0 Å². The molecule has 0 spiro atoms. The fraction of sp³-hybridized carbons (Fsp3) is 0.200. The Morgan fingerprint density at radius 1 is 1.24 bits per heavy atom. The number of thiocarbonyl (C=S) groups is 1. The number of rotatable bonds is 4. The van der Waals surface area contributed by atoms with E-state index in [2.05, 4.69) is 15.8 Å². The molecule has 0 aliphatic rings. The number of furan rings is 1. The van der Waals surface area contributed by atoms with Crippen molar-refractivity contribution in [1.82, 2.24) is 5.43 Å². The third-order valence-electron chi connectivity index (χ3n) is 2.78. The fourth-order valence-corrected chi connectivity index (χ4v) is 1.87. The van der Waals surface area contributed by atoms with Gasteiger partial charge in [-0.1, -0.05) is 12.1 Å². The first kappa shape index (κ1) is 15.1. The molecule has 0 unspecified atom stereocenters. The van der Waals surface area contributed by atoms with Gasteiger partial charge in [0.1, 0.15) is 23.0 Å². The van der Waals surface area contributed by atoms with Gasteiger partial charge in [-0.2, -0.15) is 5.10 Å². The zero-order valence-corrected chi connectivity index (χ0v) is 13.0. The van der Waals surface area contributed by atoms with E-state index in [4.69, 9.17) is 21.4 Å². The highest BCUT2D eigenvalue weighted by Gasteiger charge is 2.05. The first-order valence-corrected chi connectivity index (χ1v) is 6.82. The van der Waals surface area contributed by atoms with Gasteiger partial charge >= 0.3 is 0 Å². The number of nitrogens with zero attached hydrogens (tertiary/aromatic N) is 1. The van der Waals surface area contributed by atoms with Crippen LogP contribution in [0.1, 0.15) is 18.4 Å². The molecular formula is C15H17N3O2S. The monoisotopic (exact) mass is 303 g/mol. The van der Waals surface area contributed by atoms with Crippen LogP contribution >= 0.6 is 12.2 Å². The average Bonchev–Trinajstić information content (AvgIpc) is 2.92. The SMILES string of the molecule is COc1ccccc1NC(=S)N/N=C(\C)c1ccc(C)o1. The molecule has 0 radical (unpaired) electrons. The molecule has 2 aromatic rings. The van der Waals surface area contributed by atoms with Gasteiger partial charge in [0, 0.05) is 0 Å². The van der Waals surface area contributed by atoms with Crippen LogP contribution in [0, 0.1) is 6.92 Å². The highest BCUT2D eigenvalue weighted by atomic mass is 32.1. The van der Waals surface area contributed by atoms with Crippen molar-refractivity contribution in [3.63, 3.8) is 0 Å². The summed E-state index contributed by atoms with van der Waals surface area (Å²) in [7, 11) is 1.61. The first-order valence-electron chi connectivity index (χ1n) is 6.41. The fourth-order valence-electron chi connectivity index (χ4n) is 1.72. The molecule has 0 saturated heterocycles. The minimum absolute atomic E-state index is 0.377. The first-order chi connectivity index (χ1) is 10.1. The molecule has 2 N–H and O–H groups in total. The third-order valence-corrected chi connectivity index (χ3v) is 2.97. The predicted octanol–water partition coefficient (Wildman–Crippen LogP) is 3.31. The molecule has 21 heavy (non-hydrogen) atoms. The lowest BCUT2D eigenvalue weighted by Crippen LogP contribution is -2.25. The van der Waals surface area contributed by atoms with Crippen LogP contribution in [0.25, 0.3) is 0 Å². The summed E-state index contributed by atoms with van der Waals surface area (Å²) in [6.07, 6.45) is 0. The van der Waals surface area contributed by atoms with Gasteiger partial charge in [0.2, 0.25) is 0 Å². The number of hydrogen-bond donors (Lipinski definition) is 2. The molecule has 0 bridgehead atoms. The molecule has 110 valence electrons. The average molecular weight is 303 g/mol. The quantitative estimate of drug-likeness (QED) is 0.515. The van der Waals surface area contributed by atoms with Crippen molar-refractivity contribution in [2.24, 2.45) is 5.10 Å². The Kier molecular flexibility index (Phi) is 4.94. The van der Waals surface area contributed by atoms with Crippen molar-refractivity contribution in [2.75, 3.05) is 12.4 Å². The molecule has 1 aromatic carbocycles. The normalized spacial score (nSPS) is 11.1. The van der Waals surface area contributed by atoms with Crippen LogP contribution in [0.2, 0.25) is 0 Å². The largest absolute Gasteiger partial charge is 0.495 e. The van der Waals surface area contributed by atoms with E-state index < -0.39 is 0 Å². The number of ether oxygens (including phenoxy) is 1. The van der Waals surface area contributed by atoms with Crippen LogP contribution in [0.4, 0.5) is 5.69 Å². The molecule has 0 amide bonds. The number of benzene rings is 1. The Labute approximate surface area is 129 Å². The second-order valence-electron chi connectivity index (χ2n) is 4.37. The number of para-hydroxylation sites is 2. The summed E-state index contributed by atoms with van der Waals surface area (Å²) < 4.78 is 10.7. The molecule has 2 rings (SSSR count). The van der Waals surface area contributed by atoms with Crippen molar-refractivity contribution in [2.45, 2.75) is 13.8 Å². The lowest BCUT2D eigenvalue weighted by Gasteiger charge is -2.11. The Morgan fingerprint density at radius 2 is 2.00 bits per heavy atom. The summed E-state index contributed by atoms with van der Waals surface area (Å²) in [5, 5.41) is 7.60. The van der Waals surface area contributed by atoms with Gasteiger partial charge in [0.15, 0.2) is 5.11 Å². The third kappa shape index (κ3) is 4.06. The molecule has 1 aromatic heterocycles. The maximum atomic E-state index is 5.48. The van der Waals surface area contributed by atoms with Crippen LogP contribution in [0.3, 0.4) is 0 Å². The summed E-state index contributed by atoms with van der Waals surface area (Å²) in [5.74, 6) is 2.26. The van der Waals surface area contributed by atoms with E-state index in [1.54, 1.807) is 7.11 Å². The van der Waals surface area contributed by atoms with E-state index in [1.165, 1.54) is 0 Å². The van der Waals surface area contributed by atoms with Crippen molar-refractivity contribution < 1.29 is 9.15 Å². The number of hydrazone groups is 1. The zero-order valence-electron chi connectivity index (χ0n) is 12.1. The van der Waals surface area contributed by atoms with Gasteiger partial charge in [-0.15, -0.1) is 0 Å². The zero-order chi connectivity index (χ0) is 15.2. The molecule has 6 heteroatoms. The number of hydrogen-bond acceptors (Lipinski definition) is 4. The van der Waals surface area contributed by atoms with Gasteiger partial charge < -0.3 is 14.5 Å². The standard InChI is InChI=1S/C15H17N3O2S/c1-10-8-9-13(20-10)11(2)17-18-15(21)16-12-6-4-5-7-14(12)19-3/h4-9H,1-3H3,(H2,16,18,21)/b17-11+. The van der Waals surface area contributed by atoms with Crippen LogP contribution in [-0.2, 0) is 0 Å². The van der Waals surface area contributed by atoms with E-state index in [1.807, 2.05) is 50.2 Å². The topological polar surface area (TPSA) is 58.8 Å². The maximum Gasteiger partial charge on any atom is 0.191 e. The number of nitrogens with one attached hydrogen (secondary N) is 2. The number of anilines is 1. The molecule has 0 atom stereocenters. The van der Waals surface area contributed by atoms with Gasteiger partial charge in [-0.25, -0.2) is 0 Å². The van der Waals surface area contributed by atoms with Gasteiger partial charge in [0.05, 0.1) is 12.8 Å². The molecule has 0 aliphatic heterocycles. The number of methoxy groups -OCH3 is 1. The van der Waals surface area contributed by atoms with E-state index in [0.29, 0.717) is 22.3 Å². The van der Waals surface area contributed by atoms with Gasteiger partial charge in [0.25, 0.3) is 0 Å². The Morgan fingerprint density at radius 3 is 2.67 bits per heavy atom. The van der Waals surface area contributed by atoms with Crippen molar-refractivity contribution in [3.8, 4) is 5.75 Å². The Bertz CT molecular complexity index is 664. The summed E-state index contributed by atoms with van der Waals surface area (Å²) in [4.78, 5) is 0. The minimum atomic E-state index is 0.377.